The van der Waals surface area contributed by atoms with E-state index in [-0.39, 0.29) is 24.0 Å². The molecule has 0 atom stereocenters. The Balaban J connectivity index is 1.74. The first-order valence-electron chi connectivity index (χ1n) is 11.6. The smallest absolute Gasteiger partial charge is 0.344 e. The molecule has 0 spiro atoms. The largest absolute Gasteiger partial charge is 0.493 e. The fourth-order valence-corrected chi connectivity index (χ4v) is 3.67. The lowest BCUT2D eigenvalue weighted by Gasteiger charge is -2.15. The van der Waals surface area contributed by atoms with Crippen LogP contribution >= 0.6 is 0 Å². The molecule has 9 heteroatoms. The number of aromatic nitrogens is 2. The van der Waals surface area contributed by atoms with E-state index in [1.165, 1.54) is 25.1 Å². The van der Waals surface area contributed by atoms with E-state index in [4.69, 9.17) is 23.9 Å². The van der Waals surface area contributed by atoms with Crippen molar-refractivity contribution in [1.82, 2.24) is 9.66 Å². The Kier molecular flexibility index (Phi) is 7.83. The van der Waals surface area contributed by atoms with Crippen LogP contribution in [0.3, 0.4) is 0 Å². The summed E-state index contributed by atoms with van der Waals surface area (Å²) in [6.45, 7) is 3.20. The van der Waals surface area contributed by atoms with Gasteiger partial charge in [-0.25, -0.2) is 9.78 Å². The normalized spacial score (nSPS) is 11.2. The minimum absolute atomic E-state index is 0.248. The van der Waals surface area contributed by atoms with Gasteiger partial charge in [0.15, 0.2) is 23.9 Å². The van der Waals surface area contributed by atoms with Gasteiger partial charge in [-0.15, -0.1) is 0 Å². The zero-order chi connectivity index (χ0) is 26.4. The molecule has 0 radical (unpaired) electrons. The van der Waals surface area contributed by atoms with Crippen molar-refractivity contribution in [1.29, 1.82) is 0 Å². The third kappa shape index (κ3) is 5.78. The van der Waals surface area contributed by atoms with Gasteiger partial charge >= 0.3 is 5.97 Å². The molecule has 1 heterocycles. The van der Waals surface area contributed by atoms with Gasteiger partial charge in [-0.1, -0.05) is 42.5 Å². The van der Waals surface area contributed by atoms with Crippen LogP contribution in [-0.4, -0.2) is 48.8 Å². The van der Waals surface area contributed by atoms with Crippen LogP contribution in [0.1, 0.15) is 19.4 Å². The number of rotatable bonds is 9. The third-order valence-corrected chi connectivity index (χ3v) is 5.29. The number of hydrogen-bond acceptors (Lipinski definition) is 8. The standard InChI is InChI=1S/C28H27N3O6/c1-18(2)37-25(32)17-36-26-23(34-3)14-19(15-24(26)35-4)16-29-31-27(20-10-6-5-7-11-20)30-22-13-9-8-12-21(22)28(31)33/h5-16,18H,17H2,1-4H3. The number of para-hydroxylation sites is 1. The van der Waals surface area contributed by atoms with Crippen LogP contribution in [0.2, 0.25) is 0 Å². The van der Waals surface area contributed by atoms with Gasteiger partial charge in [0.2, 0.25) is 5.75 Å². The van der Waals surface area contributed by atoms with Crippen molar-refractivity contribution < 1.29 is 23.7 Å². The summed E-state index contributed by atoms with van der Waals surface area (Å²) in [6, 6.07) is 19.8. The molecule has 0 aliphatic rings. The summed E-state index contributed by atoms with van der Waals surface area (Å²) in [5.74, 6) is 0.790. The SMILES string of the molecule is COc1cc(C=Nn2c(-c3ccccc3)nc3ccccc3c2=O)cc(OC)c1OCC(=O)OC(C)C. The summed E-state index contributed by atoms with van der Waals surface area (Å²) in [4.78, 5) is 30.0. The molecule has 0 unspecified atom stereocenters. The first-order valence-corrected chi connectivity index (χ1v) is 11.6. The van der Waals surface area contributed by atoms with Crippen LogP contribution in [0.25, 0.3) is 22.3 Å². The van der Waals surface area contributed by atoms with Crippen molar-refractivity contribution in [2.75, 3.05) is 20.8 Å². The first-order chi connectivity index (χ1) is 17.9. The highest BCUT2D eigenvalue weighted by Crippen LogP contribution is 2.38. The number of ether oxygens (including phenoxy) is 4. The highest BCUT2D eigenvalue weighted by atomic mass is 16.6. The number of nitrogens with zero attached hydrogens (tertiary/aromatic N) is 3. The molecule has 4 aromatic rings. The van der Waals surface area contributed by atoms with Gasteiger partial charge in [-0.3, -0.25) is 4.79 Å². The van der Waals surface area contributed by atoms with Gasteiger partial charge < -0.3 is 18.9 Å². The highest BCUT2D eigenvalue weighted by molar-refractivity contribution is 5.84. The molecular weight excluding hydrogens is 474 g/mol. The Bertz CT molecular complexity index is 1470. The van der Waals surface area contributed by atoms with E-state index in [2.05, 4.69) is 5.10 Å². The van der Waals surface area contributed by atoms with Crippen molar-refractivity contribution in [3.05, 3.63) is 82.6 Å². The Hall–Kier alpha value is -4.66. The summed E-state index contributed by atoms with van der Waals surface area (Å²) in [5.41, 5.74) is 1.60. The van der Waals surface area contributed by atoms with Gasteiger partial charge in [0.1, 0.15) is 0 Å². The molecule has 190 valence electrons. The van der Waals surface area contributed by atoms with Crippen molar-refractivity contribution in [2.45, 2.75) is 20.0 Å². The number of hydrogen-bond donors (Lipinski definition) is 0. The molecule has 0 aliphatic carbocycles. The second-order valence-electron chi connectivity index (χ2n) is 8.26. The molecular formula is C28H27N3O6. The second-order valence-corrected chi connectivity index (χ2v) is 8.26. The van der Waals surface area contributed by atoms with Gasteiger partial charge in [0.25, 0.3) is 5.56 Å². The Morgan fingerprint density at radius 1 is 1.00 bits per heavy atom. The van der Waals surface area contributed by atoms with Gasteiger partial charge in [-0.2, -0.15) is 9.78 Å². The summed E-state index contributed by atoms with van der Waals surface area (Å²) >= 11 is 0. The van der Waals surface area contributed by atoms with Crippen LogP contribution in [0, 0.1) is 0 Å². The zero-order valence-corrected chi connectivity index (χ0v) is 21.0. The van der Waals surface area contributed by atoms with E-state index in [1.54, 1.807) is 44.2 Å². The Morgan fingerprint density at radius 2 is 1.65 bits per heavy atom. The lowest BCUT2D eigenvalue weighted by atomic mass is 10.2. The van der Waals surface area contributed by atoms with Crippen molar-refractivity contribution >= 4 is 23.1 Å². The van der Waals surface area contributed by atoms with Crippen molar-refractivity contribution in [2.24, 2.45) is 5.10 Å². The predicted molar refractivity (Wildman–Crippen MR) is 141 cm³/mol. The van der Waals surface area contributed by atoms with Gasteiger partial charge in [0, 0.05) is 11.1 Å². The fourth-order valence-electron chi connectivity index (χ4n) is 3.67. The average Bonchev–Trinajstić information content (AvgIpc) is 2.91. The number of benzene rings is 3. The molecule has 0 N–H and O–H groups in total. The summed E-state index contributed by atoms with van der Waals surface area (Å²) < 4.78 is 23.0. The molecule has 9 nitrogen and oxygen atoms in total. The number of methoxy groups -OCH3 is 2. The summed E-state index contributed by atoms with van der Waals surface area (Å²) in [7, 11) is 2.94. The molecule has 0 bridgehead atoms. The third-order valence-electron chi connectivity index (χ3n) is 5.29. The maximum absolute atomic E-state index is 13.4. The van der Waals surface area contributed by atoms with Gasteiger partial charge in [0.05, 0.1) is 37.4 Å². The predicted octanol–water partition coefficient (Wildman–Crippen LogP) is 4.29. The van der Waals surface area contributed by atoms with Crippen LogP contribution in [0.4, 0.5) is 0 Å². The molecule has 0 fully saturated rings. The lowest BCUT2D eigenvalue weighted by molar-refractivity contribution is -0.149. The monoisotopic (exact) mass is 501 g/mol. The molecule has 0 amide bonds. The molecule has 3 aromatic carbocycles. The molecule has 37 heavy (non-hydrogen) atoms. The van der Waals surface area contributed by atoms with E-state index < -0.39 is 5.97 Å². The number of carbonyl (C=O) groups excluding carboxylic acids is 1. The minimum Gasteiger partial charge on any atom is -0.493 e. The lowest BCUT2D eigenvalue weighted by Crippen LogP contribution is -2.20. The van der Waals surface area contributed by atoms with E-state index >= 15 is 0 Å². The maximum atomic E-state index is 13.4. The van der Waals surface area contributed by atoms with Crippen LogP contribution in [0.15, 0.2) is 76.6 Å². The van der Waals surface area contributed by atoms with Crippen molar-refractivity contribution in [3.8, 4) is 28.6 Å². The zero-order valence-electron chi connectivity index (χ0n) is 21.0. The van der Waals surface area contributed by atoms with E-state index in [9.17, 15) is 9.59 Å². The molecule has 4 rings (SSSR count). The molecule has 0 saturated heterocycles. The van der Waals surface area contributed by atoms with E-state index in [0.29, 0.717) is 33.8 Å². The molecule has 0 aliphatic heterocycles. The fraction of sp³-hybridized carbons (Fsp3) is 0.214. The maximum Gasteiger partial charge on any atom is 0.344 e. The van der Waals surface area contributed by atoms with Gasteiger partial charge in [-0.05, 0) is 38.1 Å². The highest BCUT2D eigenvalue weighted by Gasteiger charge is 2.17. The summed E-state index contributed by atoms with van der Waals surface area (Å²) in [6.07, 6.45) is 1.25. The Labute approximate surface area is 213 Å². The van der Waals surface area contributed by atoms with Crippen molar-refractivity contribution in [3.63, 3.8) is 0 Å². The second kappa shape index (κ2) is 11.4. The van der Waals surface area contributed by atoms with E-state index in [0.717, 1.165) is 5.56 Å². The average molecular weight is 502 g/mol. The quantitative estimate of drug-likeness (QED) is 0.249. The van der Waals surface area contributed by atoms with E-state index in [1.807, 2.05) is 36.4 Å². The molecule has 0 saturated carbocycles. The minimum atomic E-state index is -0.513. The van der Waals surface area contributed by atoms with Crippen LogP contribution in [-0.2, 0) is 9.53 Å². The number of esters is 1. The topological polar surface area (TPSA) is 101 Å². The number of carbonyl (C=O) groups is 1. The first kappa shape index (κ1) is 25.4. The summed E-state index contributed by atoms with van der Waals surface area (Å²) in [5, 5.41) is 4.93. The number of fused-ring (bicyclic) bond motifs is 1. The van der Waals surface area contributed by atoms with Crippen LogP contribution < -0.4 is 19.8 Å². The molecule has 1 aromatic heterocycles. The van der Waals surface area contributed by atoms with Crippen LogP contribution in [0.5, 0.6) is 17.2 Å². The Morgan fingerprint density at radius 3 is 2.30 bits per heavy atom.